The molecule has 1 aromatic rings. The molecule has 3 N–H and O–H groups in total. The van der Waals surface area contributed by atoms with Crippen LogP contribution in [0.3, 0.4) is 0 Å². The van der Waals surface area contributed by atoms with Crippen LogP contribution in [-0.4, -0.2) is 24.0 Å². The zero-order valence-electron chi connectivity index (χ0n) is 10.4. The average Bonchev–Trinajstić information content (AvgIpc) is 2.37. The molecule has 0 aliphatic carbocycles. The van der Waals surface area contributed by atoms with Crippen molar-refractivity contribution in [2.45, 2.75) is 26.3 Å². The van der Waals surface area contributed by atoms with E-state index in [1.165, 1.54) is 7.11 Å². The summed E-state index contributed by atoms with van der Waals surface area (Å²) in [7, 11) is 1.51. The summed E-state index contributed by atoms with van der Waals surface area (Å²) in [4.78, 5) is 15.9. The molecule has 0 aliphatic heterocycles. The Morgan fingerprint density at radius 3 is 2.94 bits per heavy atom. The largest absolute Gasteiger partial charge is 0.480 e. The lowest BCUT2D eigenvalue weighted by atomic mass is 9.99. The van der Waals surface area contributed by atoms with Crippen molar-refractivity contribution in [1.82, 2.24) is 4.98 Å². The molecule has 1 rings (SSSR count). The first-order valence-corrected chi connectivity index (χ1v) is 5.65. The molecule has 17 heavy (non-hydrogen) atoms. The van der Waals surface area contributed by atoms with E-state index in [-0.39, 0.29) is 11.8 Å². The van der Waals surface area contributed by atoms with Crippen molar-refractivity contribution < 1.29 is 9.53 Å². The van der Waals surface area contributed by atoms with Gasteiger partial charge < -0.3 is 15.8 Å². The fourth-order valence-corrected chi connectivity index (χ4v) is 1.38. The number of hydrogen-bond donors (Lipinski definition) is 2. The van der Waals surface area contributed by atoms with Crippen LogP contribution in [0.1, 0.15) is 20.3 Å². The van der Waals surface area contributed by atoms with Gasteiger partial charge in [0, 0.05) is 6.20 Å². The standard InChI is InChI=1S/C12H19N3O2/c1-4-8(2)10(13)11(16)15-9-6-5-7-14-12(9)17-3/h5-8,10H,4,13H2,1-3H3,(H,15,16)/t8-,10-/m0/s1. The van der Waals surface area contributed by atoms with Crippen LogP contribution in [0.25, 0.3) is 0 Å². The second-order valence-electron chi connectivity index (χ2n) is 3.96. The van der Waals surface area contributed by atoms with Crippen LogP contribution in [0.5, 0.6) is 5.88 Å². The number of ether oxygens (including phenoxy) is 1. The Labute approximate surface area is 101 Å². The number of carbonyl (C=O) groups is 1. The Bertz CT molecular complexity index is 382. The molecule has 94 valence electrons. The number of carbonyl (C=O) groups excluding carboxylic acids is 1. The molecule has 0 aliphatic rings. The van der Waals surface area contributed by atoms with Crippen molar-refractivity contribution in [2.24, 2.45) is 11.7 Å². The highest BCUT2D eigenvalue weighted by Gasteiger charge is 2.20. The molecule has 0 fully saturated rings. The van der Waals surface area contributed by atoms with E-state index >= 15 is 0 Å². The molecule has 1 amide bonds. The first-order valence-electron chi connectivity index (χ1n) is 5.65. The summed E-state index contributed by atoms with van der Waals surface area (Å²) < 4.78 is 5.05. The van der Waals surface area contributed by atoms with E-state index < -0.39 is 6.04 Å². The molecule has 2 atom stereocenters. The maximum atomic E-state index is 11.9. The maximum Gasteiger partial charge on any atom is 0.241 e. The number of pyridine rings is 1. The van der Waals surface area contributed by atoms with Crippen LogP contribution >= 0.6 is 0 Å². The molecule has 1 heterocycles. The number of nitrogens with zero attached hydrogens (tertiary/aromatic N) is 1. The Morgan fingerprint density at radius 2 is 2.35 bits per heavy atom. The molecule has 0 spiro atoms. The van der Waals surface area contributed by atoms with E-state index in [2.05, 4.69) is 10.3 Å². The van der Waals surface area contributed by atoms with Crippen LogP contribution in [-0.2, 0) is 4.79 Å². The first-order chi connectivity index (χ1) is 8.10. The molecular formula is C12H19N3O2. The molecule has 0 radical (unpaired) electrons. The van der Waals surface area contributed by atoms with Gasteiger partial charge in [-0.25, -0.2) is 4.98 Å². The molecule has 0 saturated heterocycles. The van der Waals surface area contributed by atoms with Crippen LogP contribution in [0.2, 0.25) is 0 Å². The van der Waals surface area contributed by atoms with Gasteiger partial charge in [0.2, 0.25) is 11.8 Å². The highest BCUT2D eigenvalue weighted by atomic mass is 16.5. The van der Waals surface area contributed by atoms with E-state index in [4.69, 9.17) is 10.5 Å². The number of methoxy groups -OCH3 is 1. The number of nitrogens with one attached hydrogen (secondary N) is 1. The number of aromatic nitrogens is 1. The quantitative estimate of drug-likeness (QED) is 0.811. The van der Waals surface area contributed by atoms with Crippen molar-refractivity contribution in [3.63, 3.8) is 0 Å². The minimum absolute atomic E-state index is 0.137. The third kappa shape index (κ3) is 3.42. The Kier molecular flexibility index (Phi) is 4.90. The predicted molar refractivity (Wildman–Crippen MR) is 66.8 cm³/mol. The summed E-state index contributed by atoms with van der Waals surface area (Å²) in [6, 6.07) is 2.94. The molecule has 5 heteroatoms. The van der Waals surface area contributed by atoms with Gasteiger partial charge in [0.1, 0.15) is 5.69 Å². The van der Waals surface area contributed by atoms with Crippen molar-refractivity contribution in [2.75, 3.05) is 12.4 Å². The lowest BCUT2D eigenvalue weighted by Gasteiger charge is -2.18. The lowest BCUT2D eigenvalue weighted by Crippen LogP contribution is -2.40. The molecule has 5 nitrogen and oxygen atoms in total. The summed E-state index contributed by atoms with van der Waals surface area (Å²) in [6.07, 6.45) is 2.46. The fraction of sp³-hybridized carbons (Fsp3) is 0.500. The van der Waals surface area contributed by atoms with Crippen LogP contribution < -0.4 is 15.8 Å². The Balaban J connectivity index is 2.74. The van der Waals surface area contributed by atoms with Gasteiger partial charge >= 0.3 is 0 Å². The predicted octanol–water partition coefficient (Wildman–Crippen LogP) is 1.40. The number of amides is 1. The topological polar surface area (TPSA) is 77.2 Å². The maximum absolute atomic E-state index is 11.9. The van der Waals surface area contributed by atoms with E-state index in [1.807, 2.05) is 13.8 Å². The molecule has 0 saturated carbocycles. The van der Waals surface area contributed by atoms with Gasteiger partial charge in [-0.1, -0.05) is 20.3 Å². The SMILES string of the molecule is CC[C@H](C)[C@H](N)C(=O)Nc1cccnc1OC. The van der Waals surface area contributed by atoms with Gasteiger partial charge in [-0.3, -0.25) is 4.79 Å². The minimum Gasteiger partial charge on any atom is -0.480 e. The van der Waals surface area contributed by atoms with Crippen molar-refractivity contribution >= 4 is 11.6 Å². The monoisotopic (exact) mass is 237 g/mol. The number of hydrogen-bond acceptors (Lipinski definition) is 4. The normalized spacial score (nSPS) is 13.9. The third-order valence-corrected chi connectivity index (χ3v) is 2.78. The van der Waals surface area contributed by atoms with Gasteiger partial charge in [-0.05, 0) is 18.1 Å². The van der Waals surface area contributed by atoms with Gasteiger partial charge in [0.25, 0.3) is 0 Å². The molecule has 0 bridgehead atoms. The van der Waals surface area contributed by atoms with Crippen molar-refractivity contribution in [3.05, 3.63) is 18.3 Å². The summed E-state index contributed by atoms with van der Waals surface area (Å²) in [5.74, 6) is 0.306. The van der Waals surface area contributed by atoms with E-state index in [9.17, 15) is 4.79 Å². The Hall–Kier alpha value is -1.62. The smallest absolute Gasteiger partial charge is 0.241 e. The number of rotatable bonds is 5. The van der Waals surface area contributed by atoms with Crippen molar-refractivity contribution in [3.8, 4) is 5.88 Å². The summed E-state index contributed by atoms with van der Waals surface area (Å²) in [5.41, 5.74) is 6.38. The summed E-state index contributed by atoms with van der Waals surface area (Å²) in [5, 5.41) is 2.72. The zero-order valence-corrected chi connectivity index (χ0v) is 10.4. The number of nitrogens with two attached hydrogens (primary N) is 1. The zero-order chi connectivity index (χ0) is 12.8. The molecule has 1 aromatic heterocycles. The van der Waals surface area contributed by atoms with Crippen LogP contribution in [0.15, 0.2) is 18.3 Å². The van der Waals surface area contributed by atoms with Gasteiger partial charge in [-0.2, -0.15) is 0 Å². The molecular weight excluding hydrogens is 218 g/mol. The van der Waals surface area contributed by atoms with E-state index in [1.54, 1.807) is 18.3 Å². The fourth-order valence-electron chi connectivity index (χ4n) is 1.38. The first kappa shape index (κ1) is 13.4. The highest BCUT2D eigenvalue weighted by Crippen LogP contribution is 2.20. The van der Waals surface area contributed by atoms with E-state index in [0.717, 1.165) is 6.42 Å². The highest BCUT2D eigenvalue weighted by molar-refractivity contribution is 5.95. The van der Waals surface area contributed by atoms with Crippen molar-refractivity contribution in [1.29, 1.82) is 0 Å². The second-order valence-corrected chi connectivity index (χ2v) is 3.96. The van der Waals surface area contributed by atoms with Gasteiger partial charge in [0.05, 0.1) is 13.2 Å². The van der Waals surface area contributed by atoms with Crippen LogP contribution in [0.4, 0.5) is 5.69 Å². The second kappa shape index (κ2) is 6.20. The average molecular weight is 237 g/mol. The summed E-state index contributed by atoms with van der Waals surface area (Å²) >= 11 is 0. The Morgan fingerprint density at radius 1 is 1.65 bits per heavy atom. The number of anilines is 1. The van der Waals surface area contributed by atoms with E-state index in [0.29, 0.717) is 11.6 Å². The molecule has 0 aromatic carbocycles. The van der Waals surface area contributed by atoms with Gasteiger partial charge in [0.15, 0.2) is 0 Å². The lowest BCUT2D eigenvalue weighted by molar-refractivity contribution is -0.118. The van der Waals surface area contributed by atoms with Gasteiger partial charge in [-0.15, -0.1) is 0 Å². The third-order valence-electron chi connectivity index (χ3n) is 2.78. The van der Waals surface area contributed by atoms with Crippen LogP contribution in [0, 0.1) is 5.92 Å². The minimum atomic E-state index is -0.523. The summed E-state index contributed by atoms with van der Waals surface area (Å²) in [6.45, 7) is 3.95. The molecule has 0 unspecified atom stereocenters.